The van der Waals surface area contributed by atoms with E-state index in [0.717, 1.165) is 6.42 Å². The summed E-state index contributed by atoms with van der Waals surface area (Å²) < 4.78 is 4.56. The number of carbonyl (C=O) groups excluding carboxylic acids is 1. The van der Waals surface area contributed by atoms with Gasteiger partial charge >= 0.3 is 6.09 Å². The first kappa shape index (κ1) is 6.13. The van der Waals surface area contributed by atoms with Gasteiger partial charge in [-0.3, -0.25) is 0 Å². The number of rotatable bonds is 2. The largest absolute Gasteiger partial charge is 0.446 e. The van der Waals surface area contributed by atoms with Gasteiger partial charge in [0.05, 0.1) is 6.04 Å². The second-order valence-corrected chi connectivity index (χ2v) is 1.88. The molecule has 0 aromatic heterocycles. The lowest BCUT2D eigenvalue weighted by Crippen LogP contribution is -2.17. The highest BCUT2D eigenvalue weighted by Gasteiger charge is 2.22. The molecule has 0 bridgehead atoms. The molecule has 49 valence electrons. The smallest absolute Gasteiger partial charge is 0.429 e. The van der Waals surface area contributed by atoms with Gasteiger partial charge in [-0.2, -0.15) is 0 Å². The van der Waals surface area contributed by atoms with Crippen molar-refractivity contribution < 1.29 is 9.53 Å². The summed E-state index contributed by atoms with van der Waals surface area (Å²) in [6, 6.07) is 0.0231. The molecule has 0 saturated carbocycles. The van der Waals surface area contributed by atoms with Gasteiger partial charge in [0.1, 0.15) is 6.61 Å². The highest BCUT2D eigenvalue weighted by atomic mass is 16.6. The van der Waals surface area contributed by atoms with E-state index in [-0.39, 0.29) is 6.04 Å². The van der Waals surface area contributed by atoms with Crippen LogP contribution in [0.15, 0.2) is 12.7 Å². The molecule has 1 heterocycles. The zero-order chi connectivity index (χ0) is 6.69. The fourth-order valence-electron chi connectivity index (χ4n) is 0.704. The first-order chi connectivity index (χ1) is 4.33. The fourth-order valence-corrected chi connectivity index (χ4v) is 0.704. The summed E-state index contributed by atoms with van der Waals surface area (Å²) in [5, 5.41) is 3.65. The fraction of sp³-hybridized carbons (Fsp3) is 0.500. The van der Waals surface area contributed by atoms with E-state index in [0.29, 0.717) is 6.61 Å². The summed E-state index contributed by atoms with van der Waals surface area (Å²) in [7, 11) is 0. The molecule has 0 aromatic carbocycles. The van der Waals surface area contributed by atoms with Crippen LogP contribution in [-0.2, 0) is 4.74 Å². The number of carbonyl (C=O) groups is 1. The average Bonchev–Trinajstić information content (AvgIpc) is 2.17. The predicted octanol–water partition coefficient (Wildman–Crippen LogP) is 0.686. The van der Waals surface area contributed by atoms with E-state index in [4.69, 9.17) is 0 Å². The molecule has 9 heavy (non-hydrogen) atoms. The number of cyclic esters (lactones) is 1. The molecule has 1 atom stereocenters. The normalized spacial score (nSPS) is 24.9. The van der Waals surface area contributed by atoms with Crippen LogP contribution in [0.5, 0.6) is 0 Å². The Balaban J connectivity index is 2.29. The number of ether oxygens (including phenoxy) is 1. The van der Waals surface area contributed by atoms with Gasteiger partial charge in [-0.1, -0.05) is 6.08 Å². The molecule has 1 aliphatic rings. The van der Waals surface area contributed by atoms with Crippen molar-refractivity contribution in [2.45, 2.75) is 12.5 Å². The van der Waals surface area contributed by atoms with Crippen LogP contribution < -0.4 is 5.32 Å². The third-order valence-corrected chi connectivity index (χ3v) is 1.13. The van der Waals surface area contributed by atoms with Gasteiger partial charge in [-0.05, 0) is 6.42 Å². The minimum Gasteiger partial charge on any atom is -0.446 e. The first-order valence-electron chi connectivity index (χ1n) is 2.81. The van der Waals surface area contributed by atoms with Crippen molar-refractivity contribution in [3.05, 3.63) is 12.7 Å². The Hall–Kier alpha value is -0.990. The molecule has 1 aliphatic heterocycles. The van der Waals surface area contributed by atoms with Crippen LogP contribution in [-0.4, -0.2) is 18.7 Å². The van der Waals surface area contributed by atoms with E-state index in [1.165, 1.54) is 0 Å². The van der Waals surface area contributed by atoms with Gasteiger partial charge in [0, 0.05) is 0 Å². The van der Waals surface area contributed by atoms with E-state index < -0.39 is 6.09 Å². The molecule has 1 fully saturated rings. The minimum atomic E-state index is -0.443. The van der Waals surface area contributed by atoms with Crippen LogP contribution >= 0.6 is 0 Å². The maximum Gasteiger partial charge on any atom is 0.429 e. The molecule has 0 spiro atoms. The van der Waals surface area contributed by atoms with Crippen LogP contribution in [0.2, 0.25) is 0 Å². The van der Waals surface area contributed by atoms with E-state index in [1.807, 2.05) is 0 Å². The Kier molecular flexibility index (Phi) is 1.72. The molecular formula is C6H8NO2. The predicted molar refractivity (Wildman–Crippen MR) is 32.1 cm³/mol. The number of amides is 1. The van der Waals surface area contributed by atoms with Crippen molar-refractivity contribution in [2.24, 2.45) is 0 Å². The van der Waals surface area contributed by atoms with Crippen LogP contribution in [0.1, 0.15) is 6.42 Å². The maximum absolute atomic E-state index is 10.3. The van der Waals surface area contributed by atoms with E-state index in [1.54, 1.807) is 6.08 Å². The molecule has 1 rings (SSSR count). The van der Waals surface area contributed by atoms with Gasteiger partial charge in [-0.25, -0.2) is 10.1 Å². The molecule has 3 heteroatoms. The van der Waals surface area contributed by atoms with Gasteiger partial charge in [0.2, 0.25) is 0 Å². The van der Waals surface area contributed by atoms with Crippen LogP contribution in [0.4, 0.5) is 4.79 Å². The van der Waals surface area contributed by atoms with E-state index in [9.17, 15) is 4.79 Å². The first-order valence-corrected chi connectivity index (χ1v) is 2.81. The average molecular weight is 126 g/mol. The number of hydrogen-bond acceptors (Lipinski definition) is 2. The second kappa shape index (κ2) is 2.53. The third-order valence-electron chi connectivity index (χ3n) is 1.13. The highest BCUT2D eigenvalue weighted by Crippen LogP contribution is 2.03. The number of hydrogen-bond donors (Lipinski definition) is 0. The summed E-state index contributed by atoms with van der Waals surface area (Å²) in [5.41, 5.74) is 0. The molecule has 0 aromatic rings. The molecule has 0 N–H and O–H groups in total. The molecule has 1 unspecified atom stereocenters. The lowest BCUT2D eigenvalue weighted by Gasteiger charge is -1.96. The van der Waals surface area contributed by atoms with Crippen molar-refractivity contribution in [1.29, 1.82) is 0 Å². The van der Waals surface area contributed by atoms with E-state index in [2.05, 4.69) is 16.6 Å². The molecule has 1 radical (unpaired) electrons. The summed E-state index contributed by atoms with van der Waals surface area (Å²) >= 11 is 0. The van der Waals surface area contributed by atoms with Crippen LogP contribution in [0, 0.1) is 0 Å². The van der Waals surface area contributed by atoms with E-state index >= 15 is 0 Å². The lowest BCUT2D eigenvalue weighted by molar-refractivity contribution is 0.176. The SMILES string of the molecule is C=CCC1COC(=O)[N]1. The van der Waals surface area contributed by atoms with Crippen molar-refractivity contribution in [2.75, 3.05) is 6.61 Å². The van der Waals surface area contributed by atoms with Gasteiger partial charge < -0.3 is 4.74 Å². The van der Waals surface area contributed by atoms with Gasteiger partial charge in [0.15, 0.2) is 0 Å². The summed E-state index contributed by atoms with van der Waals surface area (Å²) in [6.45, 7) is 3.94. The topological polar surface area (TPSA) is 40.4 Å². The molecule has 1 saturated heterocycles. The number of nitrogens with zero attached hydrogens (tertiary/aromatic N) is 1. The molecule has 3 nitrogen and oxygen atoms in total. The second-order valence-electron chi connectivity index (χ2n) is 1.88. The molecular weight excluding hydrogens is 118 g/mol. The monoisotopic (exact) mass is 126 g/mol. The van der Waals surface area contributed by atoms with Crippen LogP contribution in [0.25, 0.3) is 0 Å². The zero-order valence-corrected chi connectivity index (χ0v) is 5.04. The lowest BCUT2D eigenvalue weighted by atomic mass is 10.2. The minimum absolute atomic E-state index is 0.0231. The standard InChI is InChI=1S/C6H8NO2/c1-2-3-5-4-9-6(8)7-5/h2,5H,1,3-4H2. The quantitative estimate of drug-likeness (QED) is 0.510. The summed E-state index contributed by atoms with van der Waals surface area (Å²) in [5.74, 6) is 0. The maximum atomic E-state index is 10.3. The van der Waals surface area contributed by atoms with Crippen LogP contribution in [0.3, 0.4) is 0 Å². The Labute approximate surface area is 53.7 Å². The molecule has 0 aliphatic carbocycles. The Morgan fingerprint density at radius 2 is 2.78 bits per heavy atom. The Morgan fingerprint density at radius 1 is 2.00 bits per heavy atom. The molecule has 1 amide bonds. The Bertz CT molecular complexity index is 133. The van der Waals surface area contributed by atoms with Crippen molar-refractivity contribution in [3.63, 3.8) is 0 Å². The van der Waals surface area contributed by atoms with Crippen molar-refractivity contribution in [3.8, 4) is 0 Å². The van der Waals surface area contributed by atoms with Crippen molar-refractivity contribution in [1.82, 2.24) is 5.32 Å². The van der Waals surface area contributed by atoms with Gasteiger partial charge in [0.25, 0.3) is 0 Å². The summed E-state index contributed by atoms with van der Waals surface area (Å²) in [6.07, 6.45) is 2.02. The third kappa shape index (κ3) is 1.45. The van der Waals surface area contributed by atoms with Crippen molar-refractivity contribution >= 4 is 6.09 Å². The Morgan fingerprint density at radius 3 is 3.22 bits per heavy atom. The highest BCUT2D eigenvalue weighted by molar-refractivity contribution is 5.69. The zero-order valence-electron chi connectivity index (χ0n) is 5.04. The summed E-state index contributed by atoms with van der Waals surface area (Å²) in [4.78, 5) is 10.3. The van der Waals surface area contributed by atoms with Gasteiger partial charge in [-0.15, -0.1) is 6.58 Å².